The number of aryl methyl sites for hydroxylation is 2. The lowest BCUT2D eigenvalue weighted by molar-refractivity contribution is -0.125. The number of likely N-dealkylation sites (N-methyl/N-ethyl adjacent to an activating group) is 1. The van der Waals surface area contributed by atoms with Gasteiger partial charge in [-0.05, 0) is 73.2 Å². The summed E-state index contributed by atoms with van der Waals surface area (Å²) in [4.78, 5) is 29.7. The van der Waals surface area contributed by atoms with Gasteiger partial charge in [-0.15, -0.1) is 12.6 Å². The highest BCUT2D eigenvalue weighted by molar-refractivity contribution is 7.97. The molecule has 1 amide bonds. The van der Waals surface area contributed by atoms with Gasteiger partial charge in [0.25, 0.3) is 0 Å². The first-order valence-electron chi connectivity index (χ1n) is 12.7. The third kappa shape index (κ3) is 10.3. The second kappa shape index (κ2) is 15.5. The van der Waals surface area contributed by atoms with Crippen LogP contribution in [-0.4, -0.2) is 28.7 Å². The maximum atomic E-state index is 12.4. The Hall–Kier alpha value is -3.70. The summed E-state index contributed by atoms with van der Waals surface area (Å²) in [6.45, 7) is 12.7. The number of carbonyl (C=O) groups is 2. The molecule has 3 rings (SSSR count). The molecule has 0 fully saturated rings. The fourth-order valence-corrected chi connectivity index (χ4v) is 3.83. The van der Waals surface area contributed by atoms with Crippen molar-refractivity contribution in [1.29, 1.82) is 0 Å². The molecule has 0 radical (unpaired) electrons. The van der Waals surface area contributed by atoms with Crippen molar-refractivity contribution in [2.45, 2.75) is 47.1 Å². The zero-order chi connectivity index (χ0) is 28.1. The maximum absolute atomic E-state index is 12.4. The average molecular weight is 527 g/mol. The van der Waals surface area contributed by atoms with Gasteiger partial charge in [-0.1, -0.05) is 80.6 Å². The lowest BCUT2D eigenvalue weighted by atomic mass is 10.0. The molecular weight excluding hydrogens is 488 g/mol. The number of aliphatic imine (C=N–C) groups is 1. The van der Waals surface area contributed by atoms with E-state index in [1.165, 1.54) is 17.2 Å². The quantitative estimate of drug-likeness (QED) is 0.133. The van der Waals surface area contributed by atoms with E-state index in [0.29, 0.717) is 12.1 Å². The molecule has 0 saturated heterocycles. The van der Waals surface area contributed by atoms with Crippen LogP contribution in [0.4, 0.5) is 5.69 Å². The van der Waals surface area contributed by atoms with Gasteiger partial charge in [0.2, 0.25) is 11.0 Å². The van der Waals surface area contributed by atoms with Crippen molar-refractivity contribution in [2.75, 3.05) is 7.05 Å². The maximum Gasteiger partial charge on any atom is 0.246 e. The minimum Gasteiger partial charge on any atom is -0.338 e. The summed E-state index contributed by atoms with van der Waals surface area (Å²) in [5, 5.41) is -0.285. The number of rotatable bonds is 9. The third-order valence-corrected chi connectivity index (χ3v) is 5.95. The zero-order valence-corrected chi connectivity index (χ0v) is 24.0. The van der Waals surface area contributed by atoms with Gasteiger partial charge >= 0.3 is 0 Å². The molecule has 198 valence electrons. The number of carbonyl (C=O) groups excluding carboxylic acids is 2. The average Bonchev–Trinajstić information content (AvgIpc) is 2.89. The Bertz CT molecular complexity index is 1320. The van der Waals surface area contributed by atoms with Crippen molar-refractivity contribution < 1.29 is 9.59 Å². The van der Waals surface area contributed by atoms with Gasteiger partial charge in [-0.2, -0.15) is 0 Å². The minimum absolute atomic E-state index is 0.122. The van der Waals surface area contributed by atoms with Crippen LogP contribution in [0.25, 0.3) is 5.57 Å². The first kappa shape index (κ1) is 30.5. The van der Waals surface area contributed by atoms with E-state index < -0.39 is 0 Å². The molecular formula is C33H38N2O2S. The van der Waals surface area contributed by atoms with Crippen molar-refractivity contribution in [3.8, 4) is 0 Å². The fourth-order valence-electron chi connectivity index (χ4n) is 3.69. The second-order valence-electron chi connectivity index (χ2n) is 9.35. The Balaban J connectivity index is 0.000000384. The van der Waals surface area contributed by atoms with E-state index in [2.05, 4.69) is 56.2 Å². The van der Waals surface area contributed by atoms with Crippen LogP contribution in [0.2, 0.25) is 0 Å². The molecule has 0 unspecified atom stereocenters. The summed E-state index contributed by atoms with van der Waals surface area (Å²) in [6, 6.07) is 23.5. The monoisotopic (exact) mass is 526 g/mol. The van der Waals surface area contributed by atoms with E-state index in [9.17, 15) is 9.59 Å². The smallest absolute Gasteiger partial charge is 0.246 e. The van der Waals surface area contributed by atoms with Crippen molar-refractivity contribution in [3.63, 3.8) is 0 Å². The Labute approximate surface area is 233 Å². The van der Waals surface area contributed by atoms with E-state index in [-0.39, 0.29) is 11.0 Å². The number of benzene rings is 3. The van der Waals surface area contributed by atoms with Gasteiger partial charge in [0.1, 0.15) is 0 Å². The lowest BCUT2D eigenvalue weighted by Crippen LogP contribution is -2.24. The second-order valence-corrected chi connectivity index (χ2v) is 9.76. The van der Waals surface area contributed by atoms with Crippen LogP contribution in [-0.2, 0) is 17.8 Å². The molecule has 0 atom stereocenters. The summed E-state index contributed by atoms with van der Waals surface area (Å²) < 4.78 is 0. The van der Waals surface area contributed by atoms with Crippen molar-refractivity contribution in [3.05, 3.63) is 119 Å². The van der Waals surface area contributed by atoms with Crippen LogP contribution < -0.4 is 0 Å². The standard InChI is InChI=1S/C23H25NO2S.C10H13N/c1-4-7-18-8-5-10-20(14-18)17(2)12-13-22(25)24(3)16-19-9-6-11-21(15-19)23(26)27;1-8(2)11-10-7-5-4-6-9(10)3/h5-6,8-15H,2,4,7,16H2,1,3H3,(H,26,27);4-7H,1-3H3/b13-12-;. The van der Waals surface area contributed by atoms with Crippen molar-refractivity contribution >= 4 is 40.6 Å². The molecule has 0 aromatic heterocycles. The number of thiol groups is 1. The largest absolute Gasteiger partial charge is 0.338 e. The van der Waals surface area contributed by atoms with Gasteiger partial charge < -0.3 is 4.90 Å². The Morgan fingerprint density at radius 3 is 2.18 bits per heavy atom. The number of allylic oxidation sites excluding steroid dienone is 2. The Morgan fingerprint density at radius 2 is 1.55 bits per heavy atom. The molecule has 0 saturated carbocycles. The van der Waals surface area contributed by atoms with E-state index in [1.807, 2.05) is 50.2 Å². The molecule has 0 heterocycles. The molecule has 0 spiro atoms. The highest BCUT2D eigenvalue weighted by Gasteiger charge is 2.08. The van der Waals surface area contributed by atoms with E-state index >= 15 is 0 Å². The zero-order valence-electron chi connectivity index (χ0n) is 23.1. The molecule has 0 aliphatic rings. The summed E-state index contributed by atoms with van der Waals surface area (Å²) >= 11 is 3.84. The summed E-state index contributed by atoms with van der Waals surface area (Å²) in [5.41, 5.74) is 7.90. The minimum atomic E-state index is -0.285. The topological polar surface area (TPSA) is 49.7 Å². The predicted molar refractivity (Wildman–Crippen MR) is 164 cm³/mol. The van der Waals surface area contributed by atoms with Gasteiger partial charge in [0.05, 0.1) is 5.69 Å². The van der Waals surface area contributed by atoms with Crippen LogP contribution in [0, 0.1) is 6.92 Å². The highest BCUT2D eigenvalue weighted by atomic mass is 32.1. The molecule has 0 aliphatic carbocycles. The number of para-hydroxylation sites is 1. The third-order valence-electron chi connectivity index (χ3n) is 5.69. The van der Waals surface area contributed by atoms with Gasteiger partial charge in [-0.3, -0.25) is 14.6 Å². The summed E-state index contributed by atoms with van der Waals surface area (Å²) in [5.74, 6) is -0.122. The van der Waals surface area contributed by atoms with E-state index in [0.717, 1.165) is 40.9 Å². The van der Waals surface area contributed by atoms with Crippen LogP contribution in [0.1, 0.15) is 59.8 Å². The number of amides is 1. The normalized spacial score (nSPS) is 10.4. The Morgan fingerprint density at radius 1 is 0.921 bits per heavy atom. The number of hydrogen-bond acceptors (Lipinski definition) is 3. The molecule has 3 aromatic rings. The van der Waals surface area contributed by atoms with E-state index in [1.54, 1.807) is 36.2 Å². The fraction of sp³-hybridized carbons (Fsp3) is 0.242. The van der Waals surface area contributed by atoms with E-state index in [4.69, 9.17) is 0 Å². The molecule has 0 aliphatic heterocycles. The molecule has 4 nitrogen and oxygen atoms in total. The van der Waals surface area contributed by atoms with Crippen molar-refractivity contribution in [1.82, 2.24) is 4.90 Å². The van der Waals surface area contributed by atoms with Crippen LogP contribution in [0.5, 0.6) is 0 Å². The highest BCUT2D eigenvalue weighted by Crippen LogP contribution is 2.18. The molecule has 38 heavy (non-hydrogen) atoms. The van der Waals surface area contributed by atoms with Gasteiger partial charge in [0, 0.05) is 30.9 Å². The van der Waals surface area contributed by atoms with Crippen LogP contribution >= 0.6 is 12.6 Å². The van der Waals surface area contributed by atoms with Crippen LogP contribution in [0.3, 0.4) is 0 Å². The molecule has 3 aromatic carbocycles. The van der Waals surface area contributed by atoms with Gasteiger partial charge in [-0.25, -0.2) is 0 Å². The molecule has 5 heteroatoms. The first-order chi connectivity index (χ1) is 18.1. The predicted octanol–water partition coefficient (Wildman–Crippen LogP) is 8.04. The molecule has 0 bridgehead atoms. The Kier molecular flexibility index (Phi) is 12.5. The lowest BCUT2D eigenvalue weighted by Gasteiger charge is -2.15. The number of nitrogens with zero attached hydrogens (tertiary/aromatic N) is 2. The number of hydrogen-bond donors (Lipinski definition) is 1. The SMILES string of the molecule is C=C(/C=C\C(=O)N(C)Cc1cccc(C(=O)S)c1)c1cccc(CCC)c1.CC(C)=Nc1ccccc1C. The first-order valence-corrected chi connectivity index (χ1v) is 13.2. The van der Waals surface area contributed by atoms with Crippen LogP contribution in [0.15, 0.2) is 96.5 Å². The molecule has 0 N–H and O–H groups in total. The summed E-state index contributed by atoms with van der Waals surface area (Å²) in [7, 11) is 1.73. The summed E-state index contributed by atoms with van der Waals surface area (Å²) in [6.07, 6.45) is 5.40. The van der Waals surface area contributed by atoms with Crippen molar-refractivity contribution in [2.24, 2.45) is 4.99 Å². The van der Waals surface area contributed by atoms with Gasteiger partial charge in [0.15, 0.2) is 0 Å².